The van der Waals surface area contributed by atoms with Gasteiger partial charge < -0.3 is 5.32 Å². The highest BCUT2D eigenvalue weighted by molar-refractivity contribution is 7.99. The number of hydrogen-bond donors (Lipinski definition) is 1. The molecule has 16 heavy (non-hydrogen) atoms. The van der Waals surface area contributed by atoms with Crippen LogP contribution in [0.3, 0.4) is 0 Å². The van der Waals surface area contributed by atoms with E-state index in [0.29, 0.717) is 12.5 Å². The Morgan fingerprint density at radius 1 is 1.38 bits per heavy atom. The monoisotopic (exact) mass is 234 g/mol. The highest BCUT2D eigenvalue weighted by atomic mass is 32.2. The largest absolute Gasteiger partial charge is 0.312 e. The molecule has 0 saturated heterocycles. The molecule has 0 amide bonds. The molecule has 0 aliphatic carbocycles. The van der Waals surface area contributed by atoms with Gasteiger partial charge in [-0.05, 0) is 18.6 Å². The lowest BCUT2D eigenvalue weighted by molar-refractivity contribution is 0.524. The molecule has 0 fully saturated rings. The highest BCUT2D eigenvalue weighted by Crippen LogP contribution is 2.15. The Morgan fingerprint density at radius 3 is 2.75 bits per heavy atom. The van der Waals surface area contributed by atoms with Crippen molar-refractivity contribution in [2.75, 3.05) is 12.3 Å². The fourth-order valence-electron chi connectivity index (χ4n) is 1.42. The van der Waals surface area contributed by atoms with Crippen molar-refractivity contribution in [2.24, 2.45) is 0 Å². The summed E-state index contributed by atoms with van der Waals surface area (Å²) in [6.45, 7) is 3.07. The van der Waals surface area contributed by atoms with Gasteiger partial charge in [-0.2, -0.15) is 5.26 Å². The lowest BCUT2D eigenvalue weighted by Gasteiger charge is -2.12. The zero-order valence-electron chi connectivity index (χ0n) is 9.65. The predicted octanol–water partition coefficient (Wildman–Crippen LogP) is 3.06. The van der Waals surface area contributed by atoms with Crippen LogP contribution in [-0.4, -0.2) is 18.3 Å². The van der Waals surface area contributed by atoms with E-state index < -0.39 is 0 Å². The van der Waals surface area contributed by atoms with Crippen molar-refractivity contribution in [1.82, 2.24) is 5.32 Å². The van der Waals surface area contributed by atoms with Crippen molar-refractivity contribution < 1.29 is 0 Å². The molecule has 0 saturated carbocycles. The smallest absolute Gasteiger partial charge is 0.0638 e. The normalized spacial score (nSPS) is 12.0. The maximum absolute atomic E-state index is 8.61. The third-order valence-electron chi connectivity index (χ3n) is 2.38. The zero-order valence-corrected chi connectivity index (χ0v) is 10.5. The van der Waals surface area contributed by atoms with Gasteiger partial charge in [-0.15, -0.1) is 11.8 Å². The summed E-state index contributed by atoms with van der Waals surface area (Å²) in [5.41, 5.74) is 0. The third-order valence-corrected chi connectivity index (χ3v) is 3.39. The second kappa shape index (κ2) is 8.20. The molecule has 1 aromatic rings. The number of nitrogens with zero attached hydrogens (tertiary/aromatic N) is 1. The van der Waals surface area contributed by atoms with Gasteiger partial charge in [0.25, 0.3) is 0 Å². The van der Waals surface area contributed by atoms with Crippen LogP contribution in [0.15, 0.2) is 35.2 Å². The summed E-state index contributed by atoms with van der Waals surface area (Å²) in [6, 6.07) is 12.9. The third kappa shape index (κ3) is 5.20. The predicted molar refractivity (Wildman–Crippen MR) is 69.5 cm³/mol. The van der Waals surface area contributed by atoms with Crippen molar-refractivity contribution in [3.8, 4) is 6.07 Å². The van der Waals surface area contributed by atoms with Crippen molar-refractivity contribution in [3.05, 3.63) is 30.3 Å². The summed E-state index contributed by atoms with van der Waals surface area (Å²) >= 11 is 1.85. The lowest BCUT2D eigenvalue weighted by Crippen LogP contribution is -2.29. The first kappa shape index (κ1) is 13.1. The number of thioether (sulfide) groups is 1. The van der Waals surface area contributed by atoms with E-state index in [1.807, 2.05) is 17.8 Å². The molecule has 0 aliphatic heterocycles. The summed E-state index contributed by atoms with van der Waals surface area (Å²) in [6.07, 6.45) is 1.62. The number of hydrogen-bond acceptors (Lipinski definition) is 3. The molecule has 1 aromatic carbocycles. The van der Waals surface area contributed by atoms with Crippen LogP contribution in [0.5, 0.6) is 0 Å². The van der Waals surface area contributed by atoms with Gasteiger partial charge in [0.15, 0.2) is 0 Å². The first-order valence-electron chi connectivity index (χ1n) is 5.65. The Balaban J connectivity index is 2.14. The van der Waals surface area contributed by atoms with Crippen LogP contribution in [0.25, 0.3) is 0 Å². The minimum Gasteiger partial charge on any atom is -0.312 e. The van der Waals surface area contributed by atoms with E-state index in [0.717, 1.165) is 18.7 Å². The van der Waals surface area contributed by atoms with Gasteiger partial charge in [0.05, 0.1) is 12.5 Å². The number of benzene rings is 1. The molecule has 0 heterocycles. The van der Waals surface area contributed by atoms with Crippen LogP contribution in [0, 0.1) is 11.3 Å². The van der Waals surface area contributed by atoms with Crippen LogP contribution in [0.2, 0.25) is 0 Å². The molecule has 0 bridgehead atoms. The average Bonchev–Trinajstić information content (AvgIpc) is 2.34. The average molecular weight is 234 g/mol. The van der Waals surface area contributed by atoms with E-state index in [1.165, 1.54) is 4.90 Å². The topological polar surface area (TPSA) is 35.8 Å². The molecule has 1 rings (SSSR count). The molecule has 0 aromatic heterocycles. The van der Waals surface area contributed by atoms with Gasteiger partial charge in [-0.25, -0.2) is 0 Å². The summed E-state index contributed by atoms with van der Waals surface area (Å²) in [5, 5.41) is 12.0. The first-order chi connectivity index (χ1) is 7.86. The van der Waals surface area contributed by atoms with Gasteiger partial charge in [0, 0.05) is 23.2 Å². The van der Waals surface area contributed by atoms with Crippen LogP contribution < -0.4 is 5.32 Å². The standard InChI is InChI=1S/C13H18N2S/c1-2-12(8-9-14)15-10-11-16-13-6-4-3-5-7-13/h3-7,12,15H,2,8,10-11H2,1H3. The highest BCUT2D eigenvalue weighted by Gasteiger charge is 2.03. The van der Waals surface area contributed by atoms with Crippen LogP contribution in [0.1, 0.15) is 19.8 Å². The van der Waals surface area contributed by atoms with Crippen molar-refractivity contribution >= 4 is 11.8 Å². The second-order valence-electron chi connectivity index (χ2n) is 3.58. The Bertz CT molecular complexity index is 318. The summed E-state index contributed by atoms with van der Waals surface area (Å²) in [4.78, 5) is 1.30. The fraction of sp³-hybridized carbons (Fsp3) is 0.462. The second-order valence-corrected chi connectivity index (χ2v) is 4.75. The molecular weight excluding hydrogens is 216 g/mol. The van der Waals surface area contributed by atoms with Gasteiger partial charge in [-0.3, -0.25) is 0 Å². The van der Waals surface area contributed by atoms with Gasteiger partial charge in [-0.1, -0.05) is 25.1 Å². The Morgan fingerprint density at radius 2 is 2.12 bits per heavy atom. The molecular formula is C13H18N2S. The van der Waals surface area contributed by atoms with Crippen molar-refractivity contribution in [2.45, 2.75) is 30.7 Å². The summed E-state index contributed by atoms with van der Waals surface area (Å²) in [7, 11) is 0. The molecule has 3 heteroatoms. The van der Waals surface area contributed by atoms with E-state index >= 15 is 0 Å². The summed E-state index contributed by atoms with van der Waals surface area (Å²) in [5.74, 6) is 1.05. The molecule has 0 radical (unpaired) electrons. The minimum absolute atomic E-state index is 0.348. The number of nitrogens with one attached hydrogen (secondary N) is 1. The van der Waals surface area contributed by atoms with Gasteiger partial charge in [0.2, 0.25) is 0 Å². The van der Waals surface area contributed by atoms with E-state index in [4.69, 9.17) is 5.26 Å². The zero-order chi connectivity index (χ0) is 11.6. The minimum atomic E-state index is 0.348. The summed E-state index contributed by atoms with van der Waals surface area (Å²) < 4.78 is 0. The lowest BCUT2D eigenvalue weighted by atomic mass is 10.2. The number of rotatable bonds is 7. The van der Waals surface area contributed by atoms with Gasteiger partial charge in [0.1, 0.15) is 0 Å². The van der Waals surface area contributed by atoms with Crippen molar-refractivity contribution in [1.29, 1.82) is 5.26 Å². The number of nitriles is 1. The van der Waals surface area contributed by atoms with E-state index in [-0.39, 0.29) is 0 Å². The molecule has 1 N–H and O–H groups in total. The van der Waals surface area contributed by atoms with Crippen LogP contribution in [-0.2, 0) is 0 Å². The van der Waals surface area contributed by atoms with E-state index in [9.17, 15) is 0 Å². The molecule has 1 unspecified atom stereocenters. The fourth-order valence-corrected chi connectivity index (χ4v) is 2.22. The molecule has 2 nitrogen and oxygen atoms in total. The SMILES string of the molecule is CCC(CC#N)NCCSc1ccccc1. The maximum Gasteiger partial charge on any atom is 0.0638 e. The molecule has 86 valence electrons. The van der Waals surface area contributed by atoms with Crippen LogP contribution in [0.4, 0.5) is 0 Å². The van der Waals surface area contributed by atoms with Crippen molar-refractivity contribution in [3.63, 3.8) is 0 Å². The molecule has 1 atom stereocenters. The van der Waals surface area contributed by atoms with Crippen LogP contribution >= 0.6 is 11.8 Å². The Kier molecular flexibility index (Phi) is 6.71. The molecule has 0 aliphatic rings. The first-order valence-corrected chi connectivity index (χ1v) is 6.63. The Labute approximate surface area is 102 Å². The quantitative estimate of drug-likeness (QED) is 0.582. The Hall–Kier alpha value is -0.980. The molecule has 0 spiro atoms. The van der Waals surface area contributed by atoms with Gasteiger partial charge >= 0.3 is 0 Å². The van der Waals surface area contributed by atoms with E-state index in [2.05, 4.69) is 42.6 Å². The van der Waals surface area contributed by atoms with E-state index in [1.54, 1.807) is 0 Å². The maximum atomic E-state index is 8.61.